The highest BCUT2D eigenvalue weighted by molar-refractivity contribution is 5.98. The van der Waals surface area contributed by atoms with Crippen LogP contribution in [0.3, 0.4) is 0 Å². The first-order valence-electron chi connectivity index (χ1n) is 12.2. The highest BCUT2D eigenvalue weighted by Crippen LogP contribution is 2.46. The molecule has 0 bridgehead atoms. The smallest absolute Gasteiger partial charge is 0.331 e. The van der Waals surface area contributed by atoms with Crippen LogP contribution in [0.5, 0.6) is 5.75 Å². The monoisotopic (exact) mass is 477 g/mol. The molecule has 1 aliphatic heterocycles. The van der Waals surface area contributed by atoms with Gasteiger partial charge in [-0.2, -0.15) is 0 Å². The van der Waals surface area contributed by atoms with E-state index in [1.807, 2.05) is 55.5 Å². The summed E-state index contributed by atoms with van der Waals surface area (Å²) < 4.78 is 11.5. The van der Waals surface area contributed by atoms with E-state index in [0.717, 1.165) is 45.9 Å². The van der Waals surface area contributed by atoms with Gasteiger partial charge >= 0.3 is 5.69 Å². The highest BCUT2D eigenvalue weighted by Gasteiger charge is 2.36. The zero-order chi connectivity index (χ0) is 25.1. The van der Waals surface area contributed by atoms with Crippen LogP contribution in [0.15, 0.2) is 82.4 Å². The Labute approximate surface area is 208 Å². The molecule has 36 heavy (non-hydrogen) atoms. The van der Waals surface area contributed by atoms with Gasteiger partial charge in [0.1, 0.15) is 5.75 Å². The van der Waals surface area contributed by atoms with Crippen molar-refractivity contribution in [1.82, 2.24) is 13.7 Å². The van der Waals surface area contributed by atoms with Crippen molar-refractivity contribution in [2.45, 2.75) is 26.4 Å². The van der Waals surface area contributed by atoms with E-state index in [2.05, 4.69) is 35.8 Å². The van der Waals surface area contributed by atoms with Crippen molar-refractivity contribution in [2.75, 3.05) is 0 Å². The minimum atomic E-state index is -0.495. The number of rotatable bonds is 3. The Morgan fingerprint density at radius 1 is 0.861 bits per heavy atom. The molecular formula is C30H27N3O3. The summed E-state index contributed by atoms with van der Waals surface area (Å²) in [4.78, 5) is 26.8. The first-order valence-corrected chi connectivity index (χ1v) is 12.2. The van der Waals surface area contributed by atoms with Crippen LogP contribution in [0, 0.1) is 6.92 Å². The number of nitrogens with zero attached hydrogens (tertiary/aromatic N) is 3. The minimum absolute atomic E-state index is 0.317. The van der Waals surface area contributed by atoms with Crippen LogP contribution >= 0.6 is 0 Å². The quantitative estimate of drug-likeness (QED) is 0.366. The number of hydrogen-bond donors (Lipinski definition) is 0. The molecule has 6 rings (SSSR count). The molecule has 2 aromatic heterocycles. The van der Waals surface area contributed by atoms with Crippen LogP contribution in [0.4, 0.5) is 0 Å². The van der Waals surface area contributed by atoms with E-state index in [0.29, 0.717) is 10.9 Å². The third kappa shape index (κ3) is 3.10. The molecule has 5 aromatic rings. The second-order valence-electron chi connectivity index (χ2n) is 9.43. The van der Waals surface area contributed by atoms with E-state index in [1.54, 1.807) is 11.6 Å². The number of benzene rings is 3. The topological polar surface area (TPSA) is 58.2 Å². The summed E-state index contributed by atoms with van der Waals surface area (Å²) in [5, 5.41) is 0.508. The molecular weight excluding hydrogens is 450 g/mol. The van der Waals surface area contributed by atoms with Crippen molar-refractivity contribution in [3.05, 3.63) is 116 Å². The minimum Gasteiger partial charge on any atom is -0.477 e. The molecule has 0 radical (unpaired) electrons. The van der Waals surface area contributed by atoms with E-state index < -0.39 is 6.10 Å². The standard InChI is InChI=1S/C30H27N3O3/c1-5-19-12-16-21(17-13-19)28-27-26-24(29(34)32(4)30(35)31(26)3)25(20-14-10-18(2)11-15-20)33(27)22-8-6-7-9-23(22)36-28/h6-17,28H,5H2,1-4H3/t28-/m1/s1. The lowest BCUT2D eigenvalue weighted by atomic mass is 10.0. The molecule has 0 N–H and O–H groups in total. The molecule has 0 saturated heterocycles. The second-order valence-corrected chi connectivity index (χ2v) is 9.43. The summed E-state index contributed by atoms with van der Waals surface area (Å²) in [5.41, 5.74) is 6.54. The maximum absolute atomic E-state index is 13.7. The second kappa shape index (κ2) is 8.12. The third-order valence-corrected chi connectivity index (χ3v) is 7.22. The van der Waals surface area contributed by atoms with Gasteiger partial charge in [0.15, 0.2) is 6.10 Å². The van der Waals surface area contributed by atoms with Crippen LogP contribution < -0.4 is 16.0 Å². The lowest BCUT2D eigenvalue weighted by Gasteiger charge is -2.30. The van der Waals surface area contributed by atoms with Crippen LogP contribution in [-0.2, 0) is 20.5 Å². The molecule has 1 atom stereocenters. The number of aromatic nitrogens is 3. The van der Waals surface area contributed by atoms with E-state index >= 15 is 0 Å². The van der Waals surface area contributed by atoms with Crippen molar-refractivity contribution in [3.8, 4) is 22.7 Å². The fourth-order valence-electron chi connectivity index (χ4n) is 5.25. The first-order chi connectivity index (χ1) is 17.4. The number of hydrogen-bond acceptors (Lipinski definition) is 3. The maximum Gasteiger partial charge on any atom is 0.331 e. The van der Waals surface area contributed by atoms with Crippen molar-refractivity contribution in [3.63, 3.8) is 0 Å². The van der Waals surface area contributed by atoms with Gasteiger partial charge in [-0.3, -0.25) is 13.9 Å². The van der Waals surface area contributed by atoms with E-state index in [1.165, 1.54) is 17.2 Å². The Morgan fingerprint density at radius 3 is 2.25 bits per heavy atom. The largest absolute Gasteiger partial charge is 0.477 e. The molecule has 0 amide bonds. The lowest BCUT2D eigenvalue weighted by molar-refractivity contribution is 0.229. The van der Waals surface area contributed by atoms with Crippen molar-refractivity contribution in [1.29, 1.82) is 0 Å². The van der Waals surface area contributed by atoms with Crippen molar-refractivity contribution >= 4 is 10.9 Å². The molecule has 3 aromatic carbocycles. The fourth-order valence-corrected chi connectivity index (χ4v) is 5.25. The van der Waals surface area contributed by atoms with E-state index in [4.69, 9.17) is 4.74 Å². The molecule has 0 aliphatic carbocycles. The Bertz CT molecular complexity index is 1750. The van der Waals surface area contributed by atoms with Gasteiger partial charge in [-0.25, -0.2) is 4.79 Å². The van der Waals surface area contributed by atoms with Crippen molar-refractivity contribution < 1.29 is 4.74 Å². The fraction of sp³-hybridized carbons (Fsp3) is 0.200. The number of para-hydroxylation sites is 2. The number of ether oxygens (including phenoxy) is 1. The summed E-state index contributed by atoms with van der Waals surface area (Å²) in [6.45, 7) is 4.16. The maximum atomic E-state index is 13.7. The predicted octanol–water partition coefficient (Wildman–Crippen LogP) is 5.05. The van der Waals surface area contributed by atoms with Crippen LogP contribution in [0.1, 0.15) is 35.4 Å². The summed E-state index contributed by atoms with van der Waals surface area (Å²) in [6.07, 6.45) is 0.445. The Morgan fingerprint density at radius 2 is 1.56 bits per heavy atom. The van der Waals surface area contributed by atoms with Gasteiger partial charge < -0.3 is 9.30 Å². The molecule has 0 spiro atoms. The Hall–Kier alpha value is -4.32. The van der Waals surface area contributed by atoms with Gasteiger partial charge in [-0.05, 0) is 42.2 Å². The Balaban J connectivity index is 1.82. The zero-order valence-electron chi connectivity index (χ0n) is 20.8. The molecule has 0 unspecified atom stereocenters. The molecule has 6 heteroatoms. The predicted molar refractivity (Wildman–Crippen MR) is 142 cm³/mol. The van der Waals surface area contributed by atoms with Gasteiger partial charge in [-0.1, -0.05) is 73.2 Å². The molecule has 3 heterocycles. The SMILES string of the molecule is CCc1ccc([C@H]2Oc3ccccc3-n3c(-c4ccc(C)cc4)c4c(=O)n(C)c(=O)n(C)c4c32)cc1. The highest BCUT2D eigenvalue weighted by atomic mass is 16.5. The molecule has 0 saturated carbocycles. The molecule has 180 valence electrons. The third-order valence-electron chi connectivity index (χ3n) is 7.22. The summed E-state index contributed by atoms with van der Waals surface area (Å²) >= 11 is 0. The van der Waals surface area contributed by atoms with Gasteiger partial charge in [0.2, 0.25) is 0 Å². The molecule has 1 aliphatic rings. The van der Waals surface area contributed by atoms with E-state index in [-0.39, 0.29) is 11.2 Å². The lowest BCUT2D eigenvalue weighted by Crippen LogP contribution is -2.37. The van der Waals surface area contributed by atoms with Crippen LogP contribution in [0.25, 0.3) is 27.8 Å². The van der Waals surface area contributed by atoms with Gasteiger partial charge in [0, 0.05) is 14.1 Å². The number of fused-ring (bicyclic) bond motifs is 5. The van der Waals surface area contributed by atoms with Gasteiger partial charge in [-0.15, -0.1) is 0 Å². The molecule has 6 nitrogen and oxygen atoms in total. The van der Waals surface area contributed by atoms with Crippen LogP contribution in [-0.4, -0.2) is 13.7 Å². The average molecular weight is 478 g/mol. The van der Waals surface area contributed by atoms with Gasteiger partial charge in [0.25, 0.3) is 5.56 Å². The first kappa shape index (κ1) is 22.2. The Kier molecular flexibility index (Phi) is 5.00. The van der Waals surface area contributed by atoms with Gasteiger partial charge in [0.05, 0.1) is 28.0 Å². The zero-order valence-corrected chi connectivity index (χ0v) is 20.8. The average Bonchev–Trinajstić information content (AvgIpc) is 3.27. The van der Waals surface area contributed by atoms with E-state index in [9.17, 15) is 9.59 Å². The number of aryl methyl sites for hydroxylation is 3. The normalized spacial score (nSPS) is 14.4. The summed E-state index contributed by atoms with van der Waals surface area (Å²) in [7, 11) is 3.26. The molecule has 0 fully saturated rings. The van der Waals surface area contributed by atoms with Crippen molar-refractivity contribution in [2.24, 2.45) is 14.1 Å². The van der Waals surface area contributed by atoms with Crippen LogP contribution in [0.2, 0.25) is 0 Å². The summed E-state index contributed by atoms with van der Waals surface area (Å²) in [5.74, 6) is 0.727. The summed E-state index contributed by atoms with van der Waals surface area (Å²) in [6, 6.07) is 24.4.